The average molecular weight is 433 g/mol. The van der Waals surface area contributed by atoms with Crippen LogP contribution in [0.4, 0.5) is 9.52 Å². The molecule has 0 bridgehead atoms. The molecule has 0 aliphatic carbocycles. The normalized spacial score (nSPS) is 10.6. The second kappa shape index (κ2) is 9.57. The van der Waals surface area contributed by atoms with Crippen LogP contribution < -0.4 is 5.32 Å². The SMILES string of the molecule is CCOC(=O)c1sc(NC(=O)CSc2cc(-c3ccc(F)cc3)ncn2)nc1C. The van der Waals surface area contributed by atoms with Gasteiger partial charge in [0.25, 0.3) is 0 Å². The van der Waals surface area contributed by atoms with Gasteiger partial charge in [0.2, 0.25) is 5.91 Å². The number of aromatic nitrogens is 3. The Bertz CT molecular complexity index is 1020. The lowest BCUT2D eigenvalue weighted by molar-refractivity contribution is -0.113. The lowest BCUT2D eigenvalue weighted by Crippen LogP contribution is -2.13. The lowest BCUT2D eigenvalue weighted by Gasteiger charge is -2.04. The highest BCUT2D eigenvalue weighted by atomic mass is 32.2. The van der Waals surface area contributed by atoms with Gasteiger partial charge in [0.15, 0.2) is 5.13 Å². The first-order valence-corrected chi connectivity index (χ1v) is 10.4. The summed E-state index contributed by atoms with van der Waals surface area (Å²) in [6.45, 7) is 3.68. The van der Waals surface area contributed by atoms with Crippen molar-refractivity contribution < 1.29 is 18.7 Å². The number of carbonyl (C=O) groups excluding carboxylic acids is 2. The van der Waals surface area contributed by atoms with Crippen molar-refractivity contribution in [2.24, 2.45) is 0 Å². The van der Waals surface area contributed by atoms with Crippen molar-refractivity contribution in [3.63, 3.8) is 0 Å². The smallest absolute Gasteiger partial charge is 0.350 e. The molecule has 2 aromatic heterocycles. The molecule has 2 heterocycles. The third-order valence-electron chi connectivity index (χ3n) is 3.64. The lowest BCUT2D eigenvalue weighted by atomic mass is 10.1. The van der Waals surface area contributed by atoms with Crippen LogP contribution in [0.15, 0.2) is 41.7 Å². The molecule has 10 heteroatoms. The Morgan fingerprint density at radius 1 is 1.24 bits per heavy atom. The Kier molecular flexibility index (Phi) is 6.89. The minimum absolute atomic E-state index is 0.104. The highest BCUT2D eigenvalue weighted by molar-refractivity contribution is 7.99. The molecule has 7 nitrogen and oxygen atoms in total. The Labute approximate surface area is 174 Å². The van der Waals surface area contributed by atoms with Gasteiger partial charge in [-0.3, -0.25) is 4.79 Å². The van der Waals surface area contributed by atoms with Crippen LogP contribution in [-0.4, -0.2) is 39.2 Å². The van der Waals surface area contributed by atoms with E-state index in [2.05, 4.69) is 20.3 Å². The van der Waals surface area contributed by atoms with Gasteiger partial charge in [0.1, 0.15) is 22.0 Å². The van der Waals surface area contributed by atoms with E-state index in [1.54, 1.807) is 32.0 Å². The average Bonchev–Trinajstić information content (AvgIpc) is 3.07. The summed E-state index contributed by atoms with van der Waals surface area (Å²) < 4.78 is 18.0. The maximum absolute atomic E-state index is 13.1. The first-order chi connectivity index (χ1) is 14.0. The number of anilines is 1. The maximum Gasteiger partial charge on any atom is 0.350 e. The Morgan fingerprint density at radius 3 is 2.72 bits per heavy atom. The minimum Gasteiger partial charge on any atom is -0.462 e. The summed E-state index contributed by atoms with van der Waals surface area (Å²) in [5.41, 5.74) is 1.90. The third kappa shape index (κ3) is 5.58. The van der Waals surface area contributed by atoms with E-state index in [4.69, 9.17) is 4.74 Å². The molecular formula is C19H17FN4O3S2. The van der Waals surface area contributed by atoms with E-state index in [0.29, 0.717) is 26.4 Å². The van der Waals surface area contributed by atoms with Crippen molar-refractivity contribution >= 4 is 40.1 Å². The standard InChI is InChI=1S/C19H17FN4O3S2/c1-3-27-18(26)17-11(2)23-19(29-17)24-15(25)9-28-16-8-14(21-10-22-16)12-4-6-13(20)7-5-12/h4-8,10H,3,9H2,1-2H3,(H,23,24,25). The second-order valence-electron chi connectivity index (χ2n) is 5.74. The largest absolute Gasteiger partial charge is 0.462 e. The van der Waals surface area contributed by atoms with Crippen LogP contribution in [-0.2, 0) is 9.53 Å². The van der Waals surface area contributed by atoms with Crippen LogP contribution in [0.1, 0.15) is 22.3 Å². The van der Waals surface area contributed by atoms with Crippen molar-refractivity contribution in [1.82, 2.24) is 15.0 Å². The fraction of sp³-hybridized carbons (Fsp3) is 0.211. The van der Waals surface area contributed by atoms with Gasteiger partial charge in [-0.2, -0.15) is 0 Å². The maximum atomic E-state index is 13.1. The summed E-state index contributed by atoms with van der Waals surface area (Å²) in [7, 11) is 0. The molecule has 29 heavy (non-hydrogen) atoms. The molecule has 0 saturated carbocycles. The number of esters is 1. The first kappa shape index (κ1) is 20.9. The Hall–Kier alpha value is -2.85. The Morgan fingerprint density at radius 2 is 2.00 bits per heavy atom. The van der Waals surface area contributed by atoms with E-state index in [9.17, 15) is 14.0 Å². The summed E-state index contributed by atoms with van der Waals surface area (Å²) in [5.74, 6) is -0.946. The number of benzene rings is 1. The Balaban J connectivity index is 1.60. The zero-order chi connectivity index (χ0) is 20.8. The molecule has 1 N–H and O–H groups in total. The van der Waals surface area contributed by atoms with Gasteiger partial charge < -0.3 is 10.1 Å². The van der Waals surface area contributed by atoms with Crippen molar-refractivity contribution in [3.8, 4) is 11.3 Å². The first-order valence-electron chi connectivity index (χ1n) is 8.61. The quantitative estimate of drug-likeness (QED) is 0.343. The molecule has 0 radical (unpaired) electrons. The van der Waals surface area contributed by atoms with Crippen LogP contribution >= 0.6 is 23.1 Å². The number of thiazole rings is 1. The highest BCUT2D eigenvalue weighted by Crippen LogP contribution is 2.25. The predicted octanol–water partition coefficient (Wildman–Crippen LogP) is 3.96. The molecule has 1 amide bonds. The van der Waals surface area contributed by atoms with E-state index in [-0.39, 0.29) is 24.1 Å². The fourth-order valence-corrected chi connectivity index (χ4v) is 3.87. The highest BCUT2D eigenvalue weighted by Gasteiger charge is 2.17. The van der Waals surface area contributed by atoms with E-state index in [1.165, 1.54) is 30.2 Å². The van der Waals surface area contributed by atoms with Gasteiger partial charge in [0, 0.05) is 5.56 Å². The molecule has 0 spiro atoms. The molecule has 0 aliphatic rings. The molecule has 0 saturated heterocycles. The zero-order valence-electron chi connectivity index (χ0n) is 15.6. The fourth-order valence-electron chi connectivity index (χ4n) is 2.33. The summed E-state index contributed by atoms with van der Waals surface area (Å²) in [6, 6.07) is 7.71. The second-order valence-corrected chi connectivity index (χ2v) is 7.73. The number of thioether (sulfide) groups is 1. The van der Waals surface area contributed by atoms with E-state index in [0.717, 1.165) is 16.9 Å². The van der Waals surface area contributed by atoms with Crippen LogP contribution in [0.3, 0.4) is 0 Å². The summed E-state index contributed by atoms with van der Waals surface area (Å²) in [6.07, 6.45) is 1.40. The number of rotatable bonds is 7. The number of hydrogen-bond donors (Lipinski definition) is 1. The van der Waals surface area contributed by atoms with Gasteiger partial charge in [-0.05, 0) is 44.2 Å². The molecule has 150 valence electrons. The topological polar surface area (TPSA) is 94.1 Å². The van der Waals surface area contributed by atoms with Gasteiger partial charge >= 0.3 is 5.97 Å². The van der Waals surface area contributed by atoms with E-state index >= 15 is 0 Å². The summed E-state index contributed by atoms with van der Waals surface area (Å²) in [4.78, 5) is 37.0. The molecule has 0 unspecified atom stereocenters. The third-order valence-corrected chi connectivity index (χ3v) is 5.62. The van der Waals surface area contributed by atoms with Crippen molar-refractivity contribution in [1.29, 1.82) is 0 Å². The van der Waals surface area contributed by atoms with E-state index < -0.39 is 5.97 Å². The molecule has 0 aliphatic heterocycles. The minimum atomic E-state index is -0.452. The van der Waals surface area contributed by atoms with Gasteiger partial charge in [-0.1, -0.05) is 23.1 Å². The molecule has 0 atom stereocenters. The number of ether oxygens (including phenoxy) is 1. The van der Waals surface area contributed by atoms with Gasteiger partial charge in [-0.15, -0.1) is 0 Å². The molecule has 1 aromatic carbocycles. The number of aryl methyl sites for hydroxylation is 1. The van der Waals surface area contributed by atoms with Gasteiger partial charge in [-0.25, -0.2) is 24.1 Å². The molecular weight excluding hydrogens is 415 g/mol. The molecule has 0 fully saturated rings. The zero-order valence-corrected chi connectivity index (χ0v) is 17.3. The van der Waals surface area contributed by atoms with Crippen LogP contribution in [0, 0.1) is 12.7 Å². The van der Waals surface area contributed by atoms with Crippen molar-refractivity contribution in [3.05, 3.63) is 53.0 Å². The number of hydrogen-bond acceptors (Lipinski definition) is 8. The van der Waals surface area contributed by atoms with Crippen molar-refractivity contribution in [2.75, 3.05) is 17.7 Å². The van der Waals surface area contributed by atoms with Crippen LogP contribution in [0.2, 0.25) is 0 Å². The number of halogens is 1. The number of amides is 1. The summed E-state index contributed by atoms with van der Waals surface area (Å²) in [5, 5.41) is 3.62. The van der Waals surface area contributed by atoms with E-state index in [1.807, 2.05) is 0 Å². The number of nitrogens with zero attached hydrogens (tertiary/aromatic N) is 3. The molecule has 3 rings (SSSR count). The number of carbonyl (C=O) groups is 2. The molecule has 3 aromatic rings. The number of nitrogens with one attached hydrogen (secondary N) is 1. The monoisotopic (exact) mass is 432 g/mol. The summed E-state index contributed by atoms with van der Waals surface area (Å²) >= 11 is 2.31. The predicted molar refractivity (Wildman–Crippen MR) is 110 cm³/mol. The van der Waals surface area contributed by atoms with Crippen LogP contribution in [0.5, 0.6) is 0 Å². The van der Waals surface area contributed by atoms with Gasteiger partial charge in [0.05, 0.1) is 23.7 Å². The van der Waals surface area contributed by atoms with Crippen LogP contribution in [0.25, 0.3) is 11.3 Å². The van der Waals surface area contributed by atoms with Crippen molar-refractivity contribution in [2.45, 2.75) is 18.9 Å².